The number of carbonyl (C=O) groups excluding carboxylic acids is 1. The highest BCUT2D eigenvalue weighted by molar-refractivity contribution is 5.78. The first kappa shape index (κ1) is 15.3. The van der Waals surface area contributed by atoms with Crippen LogP contribution in [0.5, 0.6) is 0 Å². The Morgan fingerprint density at radius 2 is 1.83 bits per heavy atom. The molecular weight excluding hydrogens is 302 g/mol. The van der Waals surface area contributed by atoms with Gasteiger partial charge in [0.15, 0.2) is 0 Å². The van der Waals surface area contributed by atoms with E-state index >= 15 is 0 Å². The van der Waals surface area contributed by atoms with Crippen LogP contribution in [0.15, 0.2) is 36.7 Å². The Labute approximate surface area is 141 Å². The van der Waals surface area contributed by atoms with Gasteiger partial charge in [-0.1, -0.05) is 18.2 Å². The molecule has 4 rings (SSSR count). The van der Waals surface area contributed by atoms with Gasteiger partial charge in [0.25, 0.3) is 0 Å². The first-order valence-corrected chi connectivity index (χ1v) is 8.74. The number of piperidine rings is 2. The predicted molar refractivity (Wildman–Crippen MR) is 90.6 cm³/mol. The maximum atomic E-state index is 12.7. The smallest absolute Gasteiger partial charge is 0.223 e. The van der Waals surface area contributed by atoms with Gasteiger partial charge in [0.1, 0.15) is 0 Å². The highest BCUT2D eigenvalue weighted by Crippen LogP contribution is 2.37. The fourth-order valence-electron chi connectivity index (χ4n) is 4.12. The molecule has 2 aliphatic rings. The number of carbonyl (C=O) groups is 1. The van der Waals surface area contributed by atoms with Gasteiger partial charge in [0.05, 0.1) is 18.1 Å². The highest BCUT2D eigenvalue weighted by Gasteiger charge is 2.43. The van der Waals surface area contributed by atoms with Gasteiger partial charge in [-0.3, -0.25) is 4.79 Å². The topological polar surface area (TPSA) is 63.1 Å². The van der Waals surface area contributed by atoms with Crippen LogP contribution in [0, 0.1) is 0 Å². The summed E-state index contributed by atoms with van der Waals surface area (Å²) in [4.78, 5) is 16.5. The fourth-order valence-corrected chi connectivity index (χ4v) is 4.12. The van der Waals surface area contributed by atoms with Gasteiger partial charge in [-0.15, -0.1) is 0 Å². The van der Waals surface area contributed by atoms with Crippen LogP contribution in [-0.4, -0.2) is 44.4 Å². The Kier molecular flexibility index (Phi) is 4.06. The number of nitrogens with one attached hydrogen (secondary N) is 1. The molecule has 3 heterocycles. The van der Waals surface area contributed by atoms with Gasteiger partial charge in [-0.05, 0) is 50.4 Å². The summed E-state index contributed by atoms with van der Waals surface area (Å²) in [5.41, 5.74) is 2.07. The van der Waals surface area contributed by atoms with E-state index in [4.69, 9.17) is 0 Å². The van der Waals surface area contributed by atoms with Crippen LogP contribution in [-0.2, 0) is 11.3 Å². The van der Waals surface area contributed by atoms with Gasteiger partial charge >= 0.3 is 0 Å². The third-order valence-electron chi connectivity index (χ3n) is 5.39. The monoisotopic (exact) mass is 325 g/mol. The first-order valence-electron chi connectivity index (χ1n) is 8.74. The van der Waals surface area contributed by atoms with Crippen molar-refractivity contribution in [2.24, 2.45) is 0 Å². The second kappa shape index (κ2) is 6.36. The minimum Gasteiger partial charge on any atom is -0.333 e. The van der Waals surface area contributed by atoms with Crippen molar-refractivity contribution in [3.63, 3.8) is 0 Å². The van der Waals surface area contributed by atoms with Gasteiger partial charge < -0.3 is 10.2 Å². The molecule has 0 saturated carbocycles. The standard InChI is InChI=1S/C18H23N5O/c24-17-6-3-7-18(8-10-19-11-9-18)22(17)14-15-4-1-2-5-16(15)23-20-12-13-21-23/h1-2,4-5,12-13,19H,3,6-11,14H2. The van der Waals surface area contributed by atoms with Crippen molar-refractivity contribution in [1.29, 1.82) is 0 Å². The summed E-state index contributed by atoms with van der Waals surface area (Å²) in [6.45, 7) is 2.62. The number of hydrogen-bond donors (Lipinski definition) is 1. The zero-order chi connectivity index (χ0) is 16.4. The summed E-state index contributed by atoms with van der Waals surface area (Å²) in [5.74, 6) is 0.284. The summed E-state index contributed by atoms with van der Waals surface area (Å²) in [7, 11) is 0. The van der Waals surface area contributed by atoms with Gasteiger partial charge in [-0.2, -0.15) is 15.0 Å². The number of amides is 1. The zero-order valence-corrected chi connectivity index (χ0v) is 13.8. The number of aromatic nitrogens is 3. The fraction of sp³-hybridized carbons (Fsp3) is 0.500. The van der Waals surface area contributed by atoms with Crippen LogP contribution in [0.25, 0.3) is 5.69 Å². The van der Waals surface area contributed by atoms with E-state index in [0.717, 1.165) is 50.0 Å². The van der Waals surface area contributed by atoms with Crippen molar-refractivity contribution in [2.45, 2.75) is 44.2 Å². The maximum Gasteiger partial charge on any atom is 0.223 e. The molecule has 6 heteroatoms. The van der Waals surface area contributed by atoms with Crippen molar-refractivity contribution in [3.05, 3.63) is 42.2 Å². The summed E-state index contributed by atoms with van der Waals surface area (Å²) in [5, 5.41) is 11.9. The van der Waals surface area contributed by atoms with Gasteiger partial charge in [0, 0.05) is 18.5 Å². The number of nitrogens with zero attached hydrogens (tertiary/aromatic N) is 4. The summed E-state index contributed by atoms with van der Waals surface area (Å²) in [6, 6.07) is 8.10. The summed E-state index contributed by atoms with van der Waals surface area (Å²) >= 11 is 0. The molecular formula is C18H23N5O. The molecule has 2 aliphatic heterocycles. The summed E-state index contributed by atoms with van der Waals surface area (Å²) < 4.78 is 0. The molecule has 0 bridgehead atoms. The quantitative estimate of drug-likeness (QED) is 0.936. The Morgan fingerprint density at radius 1 is 1.08 bits per heavy atom. The molecule has 0 radical (unpaired) electrons. The molecule has 2 saturated heterocycles. The third-order valence-corrected chi connectivity index (χ3v) is 5.39. The number of para-hydroxylation sites is 1. The van der Waals surface area contributed by atoms with E-state index in [1.54, 1.807) is 17.2 Å². The second-order valence-corrected chi connectivity index (χ2v) is 6.76. The SMILES string of the molecule is O=C1CCCC2(CCNCC2)N1Cc1ccccc1-n1nccn1. The molecule has 2 aromatic rings. The van der Waals surface area contributed by atoms with Crippen molar-refractivity contribution < 1.29 is 4.79 Å². The van der Waals surface area contributed by atoms with Gasteiger partial charge in [-0.25, -0.2) is 0 Å². The zero-order valence-electron chi connectivity index (χ0n) is 13.8. The molecule has 0 aliphatic carbocycles. The molecule has 1 spiro atoms. The van der Waals surface area contributed by atoms with E-state index in [2.05, 4.69) is 26.5 Å². The average molecular weight is 325 g/mol. The van der Waals surface area contributed by atoms with Crippen LogP contribution in [0.4, 0.5) is 0 Å². The molecule has 1 N–H and O–H groups in total. The van der Waals surface area contributed by atoms with Crippen LogP contribution in [0.1, 0.15) is 37.7 Å². The Balaban J connectivity index is 1.67. The normalized spacial score (nSPS) is 20.5. The average Bonchev–Trinajstić information content (AvgIpc) is 3.14. The Hall–Kier alpha value is -2.21. The molecule has 126 valence electrons. The molecule has 1 aromatic carbocycles. The van der Waals surface area contributed by atoms with Crippen LogP contribution >= 0.6 is 0 Å². The van der Waals surface area contributed by atoms with Crippen molar-refractivity contribution >= 4 is 5.91 Å². The van der Waals surface area contributed by atoms with Crippen molar-refractivity contribution in [1.82, 2.24) is 25.2 Å². The molecule has 0 unspecified atom stereocenters. The van der Waals surface area contributed by atoms with Crippen molar-refractivity contribution in [2.75, 3.05) is 13.1 Å². The first-order chi connectivity index (χ1) is 11.8. The Bertz CT molecular complexity index is 700. The van der Waals surface area contributed by atoms with E-state index < -0.39 is 0 Å². The lowest BCUT2D eigenvalue weighted by Crippen LogP contribution is -2.58. The summed E-state index contributed by atoms with van der Waals surface area (Å²) in [6.07, 6.45) is 8.23. The Morgan fingerprint density at radius 3 is 2.62 bits per heavy atom. The van der Waals surface area contributed by atoms with E-state index in [9.17, 15) is 4.79 Å². The van der Waals surface area contributed by atoms with Crippen LogP contribution in [0.3, 0.4) is 0 Å². The number of benzene rings is 1. The molecule has 1 aromatic heterocycles. The van der Waals surface area contributed by atoms with E-state index in [-0.39, 0.29) is 11.4 Å². The van der Waals surface area contributed by atoms with E-state index in [0.29, 0.717) is 13.0 Å². The second-order valence-electron chi connectivity index (χ2n) is 6.76. The molecule has 2 fully saturated rings. The lowest BCUT2D eigenvalue weighted by Gasteiger charge is -2.49. The molecule has 0 atom stereocenters. The number of rotatable bonds is 3. The van der Waals surface area contributed by atoms with Crippen LogP contribution in [0.2, 0.25) is 0 Å². The van der Waals surface area contributed by atoms with E-state index in [1.807, 2.05) is 18.2 Å². The van der Waals surface area contributed by atoms with Crippen molar-refractivity contribution in [3.8, 4) is 5.69 Å². The minimum atomic E-state index is 0.0191. The van der Waals surface area contributed by atoms with E-state index in [1.165, 1.54) is 0 Å². The number of hydrogen-bond acceptors (Lipinski definition) is 4. The lowest BCUT2D eigenvalue weighted by molar-refractivity contribution is -0.144. The predicted octanol–water partition coefficient (Wildman–Crippen LogP) is 1.90. The minimum absolute atomic E-state index is 0.0191. The van der Waals surface area contributed by atoms with Gasteiger partial charge in [0.2, 0.25) is 5.91 Å². The third kappa shape index (κ3) is 2.71. The number of likely N-dealkylation sites (tertiary alicyclic amines) is 1. The molecule has 24 heavy (non-hydrogen) atoms. The largest absolute Gasteiger partial charge is 0.333 e. The maximum absolute atomic E-state index is 12.7. The van der Waals surface area contributed by atoms with Crippen LogP contribution < -0.4 is 5.32 Å². The highest BCUT2D eigenvalue weighted by atomic mass is 16.2. The lowest BCUT2D eigenvalue weighted by atomic mass is 9.78. The molecule has 1 amide bonds. The molecule has 6 nitrogen and oxygen atoms in total.